The van der Waals surface area contributed by atoms with Crippen LogP contribution in [0.25, 0.3) is 0 Å². The number of nitrogen functional groups attached to an aromatic ring is 1. The molecule has 4 N–H and O–H groups in total. The zero-order valence-electron chi connectivity index (χ0n) is 11.8. The molecule has 0 amide bonds. The molecule has 8 nitrogen and oxygen atoms in total. The first kappa shape index (κ1) is 17.7. The number of methoxy groups -OCH3 is 1. The van der Waals surface area contributed by atoms with E-state index < -0.39 is 20.0 Å². The number of nitrogens with one attached hydrogen (secondary N) is 2. The zero-order chi connectivity index (χ0) is 16.1. The minimum Gasteiger partial charge on any atom is -0.495 e. The van der Waals surface area contributed by atoms with Crippen molar-refractivity contribution in [2.24, 2.45) is 0 Å². The highest BCUT2D eigenvalue weighted by Crippen LogP contribution is 2.25. The van der Waals surface area contributed by atoms with Crippen molar-refractivity contribution in [3.05, 3.63) is 18.2 Å². The Morgan fingerprint density at radius 3 is 2.43 bits per heavy atom. The van der Waals surface area contributed by atoms with Crippen molar-refractivity contribution in [2.75, 3.05) is 31.7 Å². The first-order chi connectivity index (χ1) is 9.72. The quantitative estimate of drug-likeness (QED) is 0.549. The van der Waals surface area contributed by atoms with Gasteiger partial charge in [0.15, 0.2) is 0 Å². The lowest BCUT2D eigenvalue weighted by molar-refractivity contribution is 0.402. The van der Waals surface area contributed by atoms with Crippen molar-refractivity contribution in [3.63, 3.8) is 0 Å². The van der Waals surface area contributed by atoms with Crippen LogP contribution in [0.1, 0.15) is 6.92 Å². The smallest absolute Gasteiger partial charge is 0.244 e. The van der Waals surface area contributed by atoms with Gasteiger partial charge in [-0.2, -0.15) is 0 Å². The second-order valence-corrected chi connectivity index (χ2v) is 7.79. The molecule has 0 aliphatic heterocycles. The summed E-state index contributed by atoms with van der Waals surface area (Å²) >= 11 is 0. The van der Waals surface area contributed by atoms with E-state index in [1.54, 1.807) is 6.92 Å². The molecule has 1 aromatic rings. The lowest BCUT2D eigenvalue weighted by atomic mass is 10.3. The van der Waals surface area contributed by atoms with E-state index >= 15 is 0 Å². The molecule has 1 rings (SSSR count). The summed E-state index contributed by atoms with van der Waals surface area (Å²) < 4.78 is 56.6. The fourth-order valence-electron chi connectivity index (χ4n) is 1.58. The van der Waals surface area contributed by atoms with Gasteiger partial charge in [-0.05, 0) is 18.2 Å². The largest absolute Gasteiger partial charge is 0.495 e. The Bertz CT molecular complexity index is 686. The Kier molecular flexibility index (Phi) is 5.96. The van der Waals surface area contributed by atoms with Gasteiger partial charge >= 0.3 is 0 Å². The highest BCUT2D eigenvalue weighted by atomic mass is 32.2. The van der Waals surface area contributed by atoms with Gasteiger partial charge < -0.3 is 10.5 Å². The van der Waals surface area contributed by atoms with Gasteiger partial charge in [0.2, 0.25) is 20.0 Å². The van der Waals surface area contributed by atoms with E-state index in [0.717, 1.165) is 0 Å². The highest BCUT2D eigenvalue weighted by molar-refractivity contribution is 7.90. The predicted molar refractivity (Wildman–Crippen MR) is 80.1 cm³/mol. The van der Waals surface area contributed by atoms with Crippen molar-refractivity contribution in [1.82, 2.24) is 9.44 Å². The Balaban J connectivity index is 2.86. The lowest BCUT2D eigenvalue weighted by Gasteiger charge is -2.11. The molecule has 0 unspecified atom stereocenters. The summed E-state index contributed by atoms with van der Waals surface area (Å²) in [6.45, 7) is 1.63. The van der Waals surface area contributed by atoms with E-state index in [1.165, 1.54) is 25.3 Å². The van der Waals surface area contributed by atoms with Crippen LogP contribution in [0.15, 0.2) is 23.1 Å². The standard InChI is InChI=1S/C11H19N3O5S2/c1-3-13-20(15,16)7-6-14-21(17,18)11-8-9(12)4-5-10(11)19-2/h4-5,8,13-14H,3,6-7,12H2,1-2H3. The van der Waals surface area contributed by atoms with Crippen LogP contribution in [0, 0.1) is 0 Å². The van der Waals surface area contributed by atoms with Crippen LogP contribution in [0.2, 0.25) is 0 Å². The van der Waals surface area contributed by atoms with Gasteiger partial charge in [-0.15, -0.1) is 0 Å². The monoisotopic (exact) mass is 337 g/mol. The third-order valence-electron chi connectivity index (χ3n) is 2.50. The summed E-state index contributed by atoms with van der Waals surface area (Å²) in [4.78, 5) is -0.133. The Labute approximate surface area is 124 Å². The van der Waals surface area contributed by atoms with Gasteiger partial charge in [0, 0.05) is 18.8 Å². The van der Waals surface area contributed by atoms with Crippen LogP contribution < -0.4 is 19.9 Å². The molecule has 21 heavy (non-hydrogen) atoms. The molecule has 0 heterocycles. The fraction of sp³-hybridized carbons (Fsp3) is 0.455. The summed E-state index contributed by atoms with van der Waals surface area (Å²) in [5, 5.41) is 0. The molecule has 0 saturated heterocycles. The van der Waals surface area contributed by atoms with Gasteiger partial charge in [-0.1, -0.05) is 6.92 Å². The Hall–Kier alpha value is -1.36. The van der Waals surface area contributed by atoms with Crippen molar-refractivity contribution in [1.29, 1.82) is 0 Å². The molecule has 0 aliphatic rings. The molecule has 10 heteroatoms. The summed E-state index contributed by atoms with van der Waals surface area (Å²) in [5.41, 5.74) is 5.82. The van der Waals surface area contributed by atoms with Crippen LogP contribution in [-0.4, -0.2) is 42.8 Å². The average molecular weight is 337 g/mol. The van der Waals surface area contributed by atoms with Gasteiger partial charge in [0.1, 0.15) is 10.6 Å². The maximum Gasteiger partial charge on any atom is 0.244 e. The molecule has 1 aromatic carbocycles. The molecule has 0 bridgehead atoms. The van der Waals surface area contributed by atoms with Crippen LogP contribution in [0.4, 0.5) is 5.69 Å². The van der Waals surface area contributed by atoms with Crippen molar-refractivity contribution in [2.45, 2.75) is 11.8 Å². The molecule has 0 aromatic heterocycles. The highest BCUT2D eigenvalue weighted by Gasteiger charge is 2.20. The normalized spacial score (nSPS) is 12.3. The summed E-state index contributed by atoms with van der Waals surface area (Å²) in [6.07, 6.45) is 0. The molecule has 0 fully saturated rings. The number of rotatable bonds is 8. The van der Waals surface area contributed by atoms with Crippen molar-refractivity contribution in [3.8, 4) is 5.75 Å². The fourth-order valence-corrected chi connectivity index (χ4v) is 3.90. The van der Waals surface area contributed by atoms with Gasteiger partial charge in [0.05, 0.1) is 12.9 Å². The molecular formula is C11H19N3O5S2. The molecule has 0 radical (unpaired) electrons. The molecule has 0 saturated carbocycles. The van der Waals surface area contributed by atoms with E-state index in [1.807, 2.05) is 0 Å². The molecule has 0 aliphatic carbocycles. The predicted octanol–water partition coefficient (Wildman–Crippen LogP) is -0.505. The maximum atomic E-state index is 12.1. The van der Waals surface area contributed by atoms with Crippen molar-refractivity contribution < 1.29 is 21.6 Å². The van der Waals surface area contributed by atoms with E-state index in [9.17, 15) is 16.8 Å². The third-order valence-corrected chi connectivity index (χ3v) is 5.46. The van der Waals surface area contributed by atoms with E-state index in [-0.39, 0.29) is 35.2 Å². The zero-order valence-corrected chi connectivity index (χ0v) is 13.4. The number of ether oxygens (including phenoxy) is 1. The topological polar surface area (TPSA) is 128 Å². The Morgan fingerprint density at radius 1 is 1.19 bits per heavy atom. The van der Waals surface area contributed by atoms with Crippen LogP contribution >= 0.6 is 0 Å². The minimum atomic E-state index is -3.91. The van der Waals surface area contributed by atoms with E-state index in [4.69, 9.17) is 10.5 Å². The summed E-state index contributed by atoms with van der Waals surface area (Å²) in [5.74, 6) is -0.226. The maximum absolute atomic E-state index is 12.1. The van der Waals surface area contributed by atoms with Crippen molar-refractivity contribution >= 4 is 25.7 Å². The first-order valence-corrected chi connectivity index (χ1v) is 9.26. The van der Waals surface area contributed by atoms with Gasteiger partial charge in [-0.25, -0.2) is 26.3 Å². The molecule has 0 atom stereocenters. The summed E-state index contributed by atoms with van der Waals surface area (Å²) in [7, 11) is -6.07. The number of nitrogens with two attached hydrogens (primary N) is 1. The number of hydrogen-bond donors (Lipinski definition) is 3. The number of hydrogen-bond acceptors (Lipinski definition) is 6. The first-order valence-electron chi connectivity index (χ1n) is 6.12. The van der Waals surface area contributed by atoms with Crippen LogP contribution in [-0.2, 0) is 20.0 Å². The lowest BCUT2D eigenvalue weighted by Crippen LogP contribution is -2.34. The van der Waals surface area contributed by atoms with Crippen LogP contribution in [0.3, 0.4) is 0 Å². The molecule has 120 valence electrons. The van der Waals surface area contributed by atoms with Crippen LogP contribution in [0.5, 0.6) is 5.75 Å². The van der Waals surface area contributed by atoms with E-state index in [2.05, 4.69) is 9.44 Å². The van der Waals surface area contributed by atoms with E-state index in [0.29, 0.717) is 0 Å². The summed E-state index contributed by atoms with van der Waals surface area (Å²) in [6, 6.07) is 4.19. The molecule has 0 spiro atoms. The second-order valence-electron chi connectivity index (χ2n) is 4.12. The van der Waals surface area contributed by atoms with Gasteiger partial charge in [0.25, 0.3) is 0 Å². The Morgan fingerprint density at radius 2 is 1.86 bits per heavy atom. The third kappa shape index (κ3) is 5.16. The second kappa shape index (κ2) is 7.07. The molecular weight excluding hydrogens is 318 g/mol. The van der Waals surface area contributed by atoms with Gasteiger partial charge in [-0.3, -0.25) is 0 Å². The average Bonchev–Trinajstić information content (AvgIpc) is 2.38. The minimum absolute atomic E-state index is 0.131. The number of anilines is 1. The SMILES string of the molecule is CCNS(=O)(=O)CCNS(=O)(=O)c1cc(N)ccc1OC. The number of sulfonamides is 2. The number of benzene rings is 1.